The van der Waals surface area contributed by atoms with E-state index < -0.39 is 15.8 Å². The largest absolute Gasteiger partial charge is 0.388 e. The topological polar surface area (TPSA) is 70.1 Å². The molecule has 1 saturated carbocycles. The lowest BCUT2D eigenvalue weighted by atomic mass is 9.95. The van der Waals surface area contributed by atoms with E-state index in [-0.39, 0.29) is 12.6 Å². The van der Waals surface area contributed by atoms with Crippen molar-refractivity contribution in [1.29, 1.82) is 0 Å². The lowest BCUT2D eigenvalue weighted by Gasteiger charge is -2.38. The lowest BCUT2D eigenvalue weighted by Crippen LogP contribution is -2.52. The molecule has 1 N–H and O–H groups in total. The number of hydrogen-bond acceptors (Lipinski definition) is 4. The van der Waals surface area contributed by atoms with Gasteiger partial charge in [-0.15, -0.1) is 0 Å². The van der Waals surface area contributed by atoms with E-state index in [9.17, 15) is 13.5 Å². The predicted octanol–water partition coefficient (Wildman–Crippen LogP) is 0.969. The standard InChI is InChI=1S/C14H28N2O4S/c1-15(12-14(17)8-10-20-11-9-14)21(18,19)16(2)13-6-4-3-5-7-13/h13,17H,3-12H2,1-2H3. The summed E-state index contributed by atoms with van der Waals surface area (Å²) >= 11 is 0. The van der Waals surface area contributed by atoms with Gasteiger partial charge in [0, 0.05) is 52.7 Å². The minimum atomic E-state index is -3.51. The number of aliphatic hydroxyl groups is 1. The highest BCUT2D eigenvalue weighted by Gasteiger charge is 2.37. The van der Waals surface area contributed by atoms with Gasteiger partial charge < -0.3 is 9.84 Å². The van der Waals surface area contributed by atoms with E-state index in [1.165, 1.54) is 15.0 Å². The molecule has 7 heteroatoms. The highest BCUT2D eigenvalue weighted by molar-refractivity contribution is 7.86. The Kier molecular flexibility index (Phi) is 5.65. The van der Waals surface area contributed by atoms with Gasteiger partial charge in [-0.25, -0.2) is 0 Å². The Bertz CT molecular complexity index is 428. The monoisotopic (exact) mass is 320 g/mol. The highest BCUT2D eigenvalue weighted by Crippen LogP contribution is 2.26. The summed E-state index contributed by atoms with van der Waals surface area (Å²) in [5.41, 5.74) is -0.965. The fourth-order valence-electron chi connectivity index (χ4n) is 3.26. The van der Waals surface area contributed by atoms with E-state index in [2.05, 4.69) is 0 Å². The summed E-state index contributed by atoms with van der Waals surface area (Å²) < 4.78 is 33.3. The minimum absolute atomic E-state index is 0.0931. The van der Waals surface area contributed by atoms with Crippen LogP contribution in [0.5, 0.6) is 0 Å². The Morgan fingerprint density at radius 3 is 2.29 bits per heavy atom. The third kappa shape index (κ3) is 4.16. The van der Waals surface area contributed by atoms with Crippen molar-refractivity contribution in [3.8, 4) is 0 Å². The predicted molar refractivity (Wildman–Crippen MR) is 81.2 cm³/mol. The van der Waals surface area contributed by atoms with Gasteiger partial charge in [-0.1, -0.05) is 19.3 Å². The maximum Gasteiger partial charge on any atom is 0.281 e. The molecular formula is C14H28N2O4S. The normalized spacial score (nSPS) is 24.6. The number of ether oxygens (including phenoxy) is 1. The van der Waals surface area contributed by atoms with Crippen molar-refractivity contribution in [1.82, 2.24) is 8.61 Å². The maximum atomic E-state index is 12.7. The molecule has 0 radical (unpaired) electrons. The summed E-state index contributed by atoms with van der Waals surface area (Å²) in [5, 5.41) is 10.5. The molecule has 0 aromatic rings. The van der Waals surface area contributed by atoms with Crippen molar-refractivity contribution in [2.24, 2.45) is 0 Å². The van der Waals surface area contributed by atoms with Crippen LogP contribution in [0.3, 0.4) is 0 Å². The molecule has 0 amide bonds. The van der Waals surface area contributed by atoms with Gasteiger partial charge >= 0.3 is 0 Å². The molecule has 0 spiro atoms. The van der Waals surface area contributed by atoms with Gasteiger partial charge in [-0.3, -0.25) is 0 Å². The summed E-state index contributed by atoms with van der Waals surface area (Å²) in [5.74, 6) is 0. The Morgan fingerprint density at radius 1 is 1.14 bits per heavy atom. The van der Waals surface area contributed by atoms with Crippen LogP contribution in [-0.4, -0.2) is 67.6 Å². The zero-order valence-electron chi connectivity index (χ0n) is 13.1. The molecule has 1 saturated heterocycles. The summed E-state index contributed by atoms with van der Waals surface area (Å²) in [6.45, 7) is 1.11. The van der Waals surface area contributed by atoms with Crippen molar-refractivity contribution < 1.29 is 18.3 Å². The molecule has 0 aromatic carbocycles. The molecule has 21 heavy (non-hydrogen) atoms. The van der Waals surface area contributed by atoms with Crippen LogP contribution in [0.2, 0.25) is 0 Å². The van der Waals surface area contributed by atoms with Crippen molar-refractivity contribution in [2.75, 3.05) is 33.9 Å². The fourth-order valence-corrected chi connectivity index (χ4v) is 4.69. The number of likely N-dealkylation sites (N-methyl/N-ethyl adjacent to an activating group) is 1. The van der Waals surface area contributed by atoms with E-state index in [0.717, 1.165) is 25.7 Å². The molecule has 0 unspecified atom stereocenters. The number of nitrogens with zero attached hydrogens (tertiary/aromatic N) is 2. The van der Waals surface area contributed by atoms with Crippen LogP contribution in [-0.2, 0) is 14.9 Å². The van der Waals surface area contributed by atoms with Gasteiger partial charge in [0.15, 0.2) is 0 Å². The van der Waals surface area contributed by atoms with E-state index in [1.54, 1.807) is 14.1 Å². The Hall–Kier alpha value is -0.210. The average Bonchev–Trinajstić information content (AvgIpc) is 2.47. The zero-order chi connectivity index (χ0) is 15.5. The van der Waals surface area contributed by atoms with Crippen molar-refractivity contribution in [3.63, 3.8) is 0 Å². The van der Waals surface area contributed by atoms with Crippen LogP contribution in [0, 0.1) is 0 Å². The first kappa shape index (κ1) is 17.1. The van der Waals surface area contributed by atoms with Crippen LogP contribution in [0.4, 0.5) is 0 Å². The van der Waals surface area contributed by atoms with Crippen LogP contribution in [0.1, 0.15) is 44.9 Å². The van der Waals surface area contributed by atoms with Crippen molar-refractivity contribution in [3.05, 3.63) is 0 Å². The second kappa shape index (κ2) is 6.91. The number of hydrogen-bond donors (Lipinski definition) is 1. The zero-order valence-corrected chi connectivity index (χ0v) is 13.9. The molecule has 2 rings (SSSR count). The first-order valence-electron chi connectivity index (χ1n) is 7.85. The molecular weight excluding hydrogens is 292 g/mol. The Morgan fingerprint density at radius 2 is 1.71 bits per heavy atom. The van der Waals surface area contributed by atoms with E-state index in [0.29, 0.717) is 26.1 Å². The smallest absolute Gasteiger partial charge is 0.281 e. The van der Waals surface area contributed by atoms with Crippen LogP contribution < -0.4 is 0 Å². The second-order valence-corrected chi connectivity index (χ2v) is 8.50. The molecule has 1 aliphatic carbocycles. The van der Waals surface area contributed by atoms with Gasteiger partial charge in [-0.2, -0.15) is 17.0 Å². The third-order valence-corrected chi connectivity index (χ3v) is 6.73. The van der Waals surface area contributed by atoms with Crippen molar-refractivity contribution >= 4 is 10.2 Å². The van der Waals surface area contributed by atoms with E-state index in [1.807, 2.05) is 0 Å². The minimum Gasteiger partial charge on any atom is -0.388 e. The molecule has 1 aliphatic heterocycles. The van der Waals surface area contributed by atoms with Crippen LogP contribution in [0.15, 0.2) is 0 Å². The third-order valence-electron chi connectivity index (χ3n) is 4.79. The lowest BCUT2D eigenvalue weighted by molar-refractivity contribution is -0.0694. The van der Waals surface area contributed by atoms with E-state index >= 15 is 0 Å². The van der Waals surface area contributed by atoms with Gasteiger partial charge in [0.05, 0.1) is 5.60 Å². The van der Waals surface area contributed by atoms with Gasteiger partial charge in [0.25, 0.3) is 10.2 Å². The Labute approximate surface area is 128 Å². The highest BCUT2D eigenvalue weighted by atomic mass is 32.2. The average molecular weight is 320 g/mol. The quantitative estimate of drug-likeness (QED) is 0.819. The van der Waals surface area contributed by atoms with Gasteiger partial charge in [0.1, 0.15) is 0 Å². The van der Waals surface area contributed by atoms with Crippen LogP contribution in [0.25, 0.3) is 0 Å². The molecule has 2 aliphatic rings. The summed E-state index contributed by atoms with van der Waals surface area (Å²) in [7, 11) is -0.290. The molecule has 0 aromatic heterocycles. The molecule has 1 heterocycles. The molecule has 0 bridgehead atoms. The van der Waals surface area contributed by atoms with Crippen LogP contribution >= 0.6 is 0 Å². The Balaban J connectivity index is 2.00. The second-order valence-electron chi connectivity index (χ2n) is 6.41. The molecule has 2 fully saturated rings. The maximum absolute atomic E-state index is 12.7. The fraction of sp³-hybridized carbons (Fsp3) is 1.00. The SMILES string of the molecule is CN(CC1(O)CCOCC1)S(=O)(=O)N(C)C1CCCCC1. The summed E-state index contributed by atoms with van der Waals surface area (Å²) in [4.78, 5) is 0. The molecule has 0 atom stereocenters. The van der Waals surface area contributed by atoms with Gasteiger partial charge in [-0.05, 0) is 12.8 Å². The molecule has 6 nitrogen and oxygen atoms in total. The molecule has 124 valence electrons. The summed E-state index contributed by atoms with van der Waals surface area (Å²) in [6.07, 6.45) is 6.22. The number of rotatable bonds is 5. The van der Waals surface area contributed by atoms with E-state index in [4.69, 9.17) is 4.74 Å². The van der Waals surface area contributed by atoms with Gasteiger partial charge in [0.2, 0.25) is 0 Å². The first-order chi connectivity index (χ1) is 9.85. The van der Waals surface area contributed by atoms with Crippen molar-refractivity contribution in [2.45, 2.75) is 56.6 Å². The first-order valence-corrected chi connectivity index (χ1v) is 9.24. The summed E-state index contributed by atoms with van der Waals surface area (Å²) in [6, 6.07) is 0.0931.